The van der Waals surface area contributed by atoms with E-state index in [1.165, 1.54) is 67.4 Å². The van der Waals surface area contributed by atoms with E-state index in [1.54, 1.807) is 0 Å². The number of aryl methyl sites for hydroxylation is 1. The number of aromatic nitrogens is 2. The molecule has 3 rings (SSSR count). The maximum absolute atomic E-state index is 5.06. The number of rotatable bonds is 12. The first-order valence-electron chi connectivity index (χ1n) is 12.1. The van der Waals surface area contributed by atoms with Gasteiger partial charge in [0, 0.05) is 12.5 Å². The normalized spacial score (nSPS) is 12.7. The van der Waals surface area contributed by atoms with Gasteiger partial charge in [0.15, 0.2) is 0 Å². The zero-order chi connectivity index (χ0) is 21.3. The lowest BCUT2D eigenvalue weighted by Gasteiger charge is -2.16. The Labute approximate surface area is 183 Å². The number of nitrogens with zero attached hydrogens (tertiary/aromatic N) is 2. The van der Waals surface area contributed by atoms with Crippen molar-refractivity contribution in [2.24, 2.45) is 5.92 Å². The van der Waals surface area contributed by atoms with E-state index in [2.05, 4.69) is 80.8 Å². The van der Waals surface area contributed by atoms with Gasteiger partial charge in [-0.05, 0) is 42.0 Å². The highest BCUT2D eigenvalue weighted by Gasteiger charge is 2.18. The van der Waals surface area contributed by atoms with Crippen molar-refractivity contribution >= 4 is 11.0 Å². The number of unbranched alkanes of at least 4 members (excludes halogenated alkanes) is 6. The largest absolute Gasteiger partial charge is 0.327 e. The zero-order valence-corrected chi connectivity index (χ0v) is 19.5. The van der Waals surface area contributed by atoms with Crippen LogP contribution in [0.25, 0.3) is 11.0 Å². The molecule has 0 spiro atoms. The van der Waals surface area contributed by atoms with Crippen LogP contribution < -0.4 is 0 Å². The Bertz CT molecular complexity index is 889. The van der Waals surface area contributed by atoms with Crippen LogP contribution in [0.3, 0.4) is 0 Å². The molecule has 0 radical (unpaired) electrons. The van der Waals surface area contributed by atoms with Crippen LogP contribution in [-0.2, 0) is 13.0 Å². The van der Waals surface area contributed by atoms with Gasteiger partial charge in [-0.3, -0.25) is 0 Å². The van der Waals surface area contributed by atoms with Crippen LogP contribution in [0.2, 0.25) is 0 Å². The lowest BCUT2D eigenvalue weighted by molar-refractivity contribution is 0.542. The molecular weight excluding hydrogens is 364 g/mol. The van der Waals surface area contributed by atoms with Gasteiger partial charge in [-0.25, -0.2) is 4.98 Å². The summed E-state index contributed by atoms with van der Waals surface area (Å²) in [7, 11) is 0. The molecule has 2 nitrogen and oxygen atoms in total. The van der Waals surface area contributed by atoms with Gasteiger partial charge in [-0.1, -0.05) is 103 Å². The van der Waals surface area contributed by atoms with Crippen molar-refractivity contribution in [3.8, 4) is 0 Å². The Balaban J connectivity index is 1.73. The summed E-state index contributed by atoms with van der Waals surface area (Å²) in [5, 5.41) is 0. The van der Waals surface area contributed by atoms with Crippen molar-refractivity contribution < 1.29 is 0 Å². The fourth-order valence-corrected chi connectivity index (χ4v) is 4.45. The molecule has 0 amide bonds. The summed E-state index contributed by atoms with van der Waals surface area (Å²) in [6.45, 7) is 10.2. The van der Waals surface area contributed by atoms with Gasteiger partial charge in [0.25, 0.3) is 0 Å². The molecule has 0 fully saturated rings. The molecule has 0 N–H and O–H groups in total. The predicted molar refractivity (Wildman–Crippen MR) is 130 cm³/mol. The van der Waals surface area contributed by atoms with Crippen LogP contribution >= 0.6 is 0 Å². The second-order valence-electron chi connectivity index (χ2n) is 9.29. The van der Waals surface area contributed by atoms with Crippen LogP contribution in [0.15, 0.2) is 48.5 Å². The van der Waals surface area contributed by atoms with E-state index in [1.807, 2.05) is 0 Å². The van der Waals surface area contributed by atoms with Crippen molar-refractivity contribution in [2.45, 2.75) is 91.5 Å². The molecular formula is C28H40N2. The molecule has 1 aromatic heterocycles. The fraction of sp³-hybridized carbons (Fsp3) is 0.536. The van der Waals surface area contributed by atoms with Crippen molar-refractivity contribution in [2.75, 3.05) is 0 Å². The molecule has 0 aliphatic heterocycles. The van der Waals surface area contributed by atoms with E-state index >= 15 is 0 Å². The van der Waals surface area contributed by atoms with E-state index in [9.17, 15) is 0 Å². The third-order valence-electron chi connectivity index (χ3n) is 6.18. The molecule has 162 valence electrons. The summed E-state index contributed by atoms with van der Waals surface area (Å²) in [4.78, 5) is 5.06. The van der Waals surface area contributed by atoms with E-state index in [4.69, 9.17) is 4.98 Å². The molecule has 0 saturated carbocycles. The second-order valence-corrected chi connectivity index (χ2v) is 9.29. The Morgan fingerprint density at radius 1 is 0.800 bits per heavy atom. The number of fused-ring (bicyclic) bond motifs is 1. The standard InChI is InChI=1S/C28H40N2/c1-5-6-7-8-9-10-13-20-30-27-15-12-11-14-26(27)29-28(30)23(4)25-18-16-24(17-19-25)21-22(2)3/h11-12,14-19,22-23H,5-10,13,20-21H2,1-4H3/t23-/m0/s1. The Morgan fingerprint density at radius 2 is 1.47 bits per heavy atom. The maximum Gasteiger partial charge on any atom is 0.117 e. The van der Waals surface area contributed by atoms with Crippen molar-refractivity contribution in [1.82, 2.24) is 9.55 Å². The Morgan fingerprint density at radius 3 is 2.17 bits per heavy atom. The number of imidazole rings is 1. The number of benzene rings is 2. The van der Waals surface area contributed by atoms with Crippen molar-refractivity contribution in [1.29, 1.82) is 0 Å². The lowest BCUT2D eigenvalue weighted by Crippen LogP contribution is -2.09. The second kappa shape index (κ2) is 11.3. The van der Waals surface area contributed by atoms with Crippen molar-refractivity contribution in [3.05, 3.63) is 65.5 Å². The summed E-state index contributed by atoms with van der Waals surface area (Å²) < 4.78 is 2.48. The Hall–Kier alpha value is -2.09. The Kier molecular flexibility index (Phi) is 8.54. The minimum atomic E-state index is 0.301. The molecule has 0 aliphatic rings. The highest BCUT2D eigenvalue weighted by Crippen LogP contribution is 2.28. The molecule has 0 aliphatic carbocycles. The zero-order valence-electron chi connectivity index (χ0n) is 19.5. The van der Waals surface area contributed by atoms with Gasteiger partial charge in [0.05, 0.1) is 11.0 Å². The van der Waals surface area contributed by atoms with Gasteiger partial charge in [-0.2, -0.15) is 0 Å². The monoisotopic (exact) mass is 404 g/mol. The number of hydrogen-bond acceptors (Lipinski definition) is 1. The average Bonchev–Trinajstić information content (AvgIpc) is 3.11. The molecule has 30 heavy (non-hydrogen) atoms. The van der Waals surface area contributed by atoms with Gasteiger partial charge < -0.3 is 4.57 Å². The average molecular weight is 405 g/mol. The molecule has 1 heterocycles. The van der Waals surface area contributed by atoms with Crippen LogP contribution in [0, 0.1) is 5.92 Å². The molecule has 0 bridgehead atoms. The summed E-state index contributed by atoms with van der Waals surface area (Å²) in [6.07, 6.45) is 10.5. The van der Waals surface area contributed by atoms with Crippen LogP contribution in [0.1, 0.15) is 95.5 Å². The summed E-state index contributed by atoms with van der Waals surface area (Å²) >= 11 is 0. The molecule has 2 aromatic carbocycles. The van der Waals surface area contributed by atoms with E-state index < -0.39 is 0 Å². The molecule has 2 heteroatoms. The van der Waals surface area contributed by atoms with Gasteiger partial charge in [-0.15, -0.1) is 0 Å². The van der Waals surface area contributed by atoms with Crippen LogP contribution in [0.4, 0.5) is 0 Å². The lowest BCUT2D eigenvalue weighted by atomic mass is 9.96. The smallest absolute Gasteiger partial charge is 0.117 e. The first kappa shape index (κ1) is 22.6. The SMILES string of the molecule is CCCCCCCCCn1c([C@@H](C)c2ccc(CC(C)C)cc2)nc2ccccc21. The molecule has 0 unspecified atom stereocenters. The third kappa shape index (κ3) is 5.97. The van der Waals surface area contributed by atoms with Crippen LogP contribution in [0.5, 0.6) is 0 Å². The topological polar surface area (TPSA) is 17.8 Å². The highest BCUT2D eigenvalue weighted by molar-refractivity contribution is 5.76. The van der Waals surface area contributed by atoms with E-state index in [0.717, 1.165) is 18.5 Å². The molecule has 1 atom stereocenters. The van der Waals surface area contributed by atoms with Gasteiger partial charge in [0.2, 0.25) is 0 Å². The van der Waals surface area contributed by atoms with E-state index in [0.29, 0.717) is 11.8 Å². The number of para-hydroxylation sites is 2. The van der Waals surface area contributed by atoms with Gasteiger partial charge >= 0.3 is 0 Å². The molecule has 3 aromatic rings. The summed E-state index contributed by atoms with van der Waals surface area (Å²) in [5.41, 5.74) is 5.19. The number of hydrogen-bond donors (Lipinski definition) is 0. The minimum absolute atomic E-state index is 0.301. The summed E-state index contributed by atoms with van der Waals surface area (Å²) in [6, 6.07) is 17.8. The molecule has 0 saturated heterocycles. The maximum atomic E-state index is 5.06. The van der Waals surface area contributed by atoms with Crippen LogP contribution in [-0.4, -0.2) is 9.55 Å². The highest BCUT2D eigenvalue weighted by atomic mass is 15.1. The van der Waals surface area contributed by atoms with Crippen molar-refractivity contribution in [3.63, 3.8) is 0 Å². The van der Waals surface area contributed by atoms with Gasteiger partial charge in [0.1, 0.15) is 5.82 Å². The summed E-state index contributed by atoms with van der Waals surface area (Å²) in [5.74, 6) is 2.20. The third-order valence-corrected chi connectivity index (χ3v) is 6.18. The quantitative estimate of drug-likeness (QED) is 0.279. The fourth-order valence-electron chi connectivity index (χ4n) is 4.45. The predicted octanol–water partition coefficient (Wildman–Crippen LogP) is 8.14. The van der Waals surface area contributed by atoms with E-state index in [-0.39, 0.29) is 0 Å². The first-order chi connectivity index (χ1) is 14.6. The minimum Gasteiger partial charge on any atom is -0.327 e. The first-order valence-corrected chi connectivity index (χ1v) is 12.1.